The minimum absolute atomic E-state index is 0.151. The van der Waals surface area contributed by atoms with Gasteiger partial charge in [0.25, 0.3) is 0 Å². The van der Waals surface area contributed by atoms with Crippen molar-refractivity contribution in [1.29, 1.82) is 0 Å². The van der Waals surface area contributed by atoms with Crippen molar-refractivity contribution in [3.63, 3.8) is 0 Å². The van der Waals surface area contributed by atoms with E-state index in [1.807, 2.05) is 6.92 Å². The molecule has 0 saturated heterocycles. The number of rotatable bonds is 6. The summed E-state index contributed by atoms with van der Waals surface area (Å²) in [4.78, 5) is 0. The maximum atomic E-state index is 8.79. The van der Waals surface area contributed by atoms with Gasteiger partial charge >= 0.3 is 0 Å². The second-order valence-electron chi connectivity index (χ2n) is 3.93. The first-order valence-electron chi connectivity index (χ1n) is 4.89. The largest absolute Gasteiger partial charge is 0.392 e. The quantitative estimate of drug-likeness (QED) is 0.645. The SMILES string of the molecule is COC(C/C=C(\C)CO)CC(C)C. The Morgan fingerprint density at radius 2 is 2.08 bits per heavy atom. The van der Waals surface area contributed by atoms with Gasteiger partial charge in [-0.2, -0.15) is 0 Å². The van der Waals surface area contributed by atoms with E-state index < -0.39 is 0 Å². The van der Waals surface area contributed by atoms with Crippen LogP contribution in [0.4, 0.5) is 0 Å². The lowest BCUT2D eigenvalue weighted by Gasteiger charge is -2.15. The van der Waals surface area contributed by atoms with E-state index in [0.717, 1.165) is 18.4 Å². The number of aliphatic hydroxyl groups excluding tert-OH is 1. The van der Waals surface area contributed by atoms with Crippen molar-refractivity contribution in [2.75, 3.05) is 13.7 Å². The highest BCUT2D eigenvalue weighted by atomic mass is 16.5. The highest BCUT2D eigenvalue weighted by Gasteiger charge is 2.07. The van der Waals surface area contributed by atoms with Crippen LogP contribution in [-0.2, 0) is 4.74 Å². The number of ether oxygens (including phenoxy) is 1. The van der Waals surface area contributed by atoms with Crippen LogP contribution in [0.5, 0.6) is 0 Å². The predicted molar refractivity (Wildman–Crippen MR) is 55.7 cm³/mol. The van der Waals surface area contributed by atoms with Gasteiger partial charge in [0.05, 0.1) is 12.7 Å². The van der Waals surface area contributed by atoms with Crippen LogP contribution < -0.4 is 0 Å². The van der Waals surface area contributed by atoms with E-state index in [4.69, 9.17) is 9.84 Å². The maximum Gasteiger partial charge on any atom is 0.0639 e. The summed E-state index contributed by atoms with van der Waals surface area (Å²) in [7, 11) is 1.75. The molecule has 0 spiro atoms. The summed E-state index contributed by atoms with van der Waals surface area (Å²) >= 11 is 0. The number of hydrogen-bond acceptors (Lipinski definition) is 2. The molecular formula is C11H22O2. The molecule has 0 fully saturated rings. The van der Waals surface area contributed by atoms with Gasteiger partial charge in [0.15, 0.2) is 0 Å². The molecule has 1 atom stereocenters. The fraction of sp³-hybridized carbons (Fsp3) is 0.818. The zero-order valence-electron chi connectivity index (χ0n) is 9.21. The average Bonchev–Trinajstić information content (AvgIpc) is 2.10. The maximum absolute atomic E-state index is 8.79. The molecule has 0 saturated carbocycles. The topological polar surface area (TPSA) is 29.5 Å². The molecule has 1 N–H and O–H groups in total. The van der Waals surface area contributed by atoms with Crippen LogP contribution in [-0.4, -0.2) is 24.9 Å². The van der Waals surface area contributed by atoms with Crippen LogP contribution in [0.2, 0.25) is 0 Å². The summed E-state index contributed by atoms with van der Waals surface area (Å²) in [6, 6.07) is 0. The summed E-state index contributed by atoms with van der Waals surface area (Å²) < 4.78 is 5.33. The third kappa shape index (κ3) is 6.79. The van der Waals surface area contributed by atoms with Gasteiger partial charge in [0.1, 0.15) is 0 Å². The molecule has 78 valence electrons. The molecule has 2 heteroatoms. The Labute approximate surface area is 81.6 Å². The fourth-order valence-corrected chi connectivity index (χ4v) is 1.21. The third-order valence-corrected chi connectivity index (χ3v) is 2.05. The lowest BCUT2D eigenvalue weighted by Crippen LogP contribution is -2.12. The van der Waals surface area contributed by atoms with Gasteiger partial charge in [-0.05, 0) is 25.7 Å². The number of methoxy groups -OCH3 is 1. The Balaban J connectivity index is 3.84. The van der Waals surface area contributed by atoms with Gasteiger partial charge in [-0.3, -0.25) is 0 Å². The van der Waals surface area contributed by atoms with Crippen molar-refractivity contribution in [2.45, 2.75) is 39.7 Å². The van der Waals surface area contributed by atoms with Gasteiger partial charge in [-0.1, -0.05) is 25.5 Å². The molecule has 0 radical (unpaired) electrons. The molecule has 0 rings (SSSR count). The van der Waals surface area contributed by atoms with Crippen LogP contribution in [0.3, 0.4) is 0 Å². The average molecular weight is 186 g/mol. The van der Waals surface area contributed by atoms with Crippen LogP contribution in [0.25, 0.3) is 0 Å². The van der Waals surface area contributed by atoms with Crippen molar-refractivity contribution < 1.29 is 9.84 Å². The highest BCUT2D eigenvalue weighted by Crippen LogP contribution is 2.12. The van der Waals surface area contributed by atoms with E-state index in [1.165, 1.54) is 0 Å². The van der Waals surface area contributed by atoms with Gasteiger partial charge < -0.3 is 9.84 Å². The Kier molecular flexibility index (Phi) is 6.92. The third-order valence-electron chi connectivity index (χ3n) is 2.05. The summed E-state index contributed by atoms with van der Waals surface area (Å²) in [5.74, 6) is 0.660. The first-order valence-corrected chi connectivity index (χ1v) is 4.89. The molecule has 0 amide bonds. The Bertz CT molecular complexity index is 150. The van der Waals surface area contributed by atoms with Crippen LogP contribution in [0.15, 0.2) is 11.6 Å². The molecular weight excluding hydrogens is 164 g/mol. The van der Waals surface area contributed by atoms with Crippen LogP contribution in [0, 0.1) is 5.92 Å². The standard InChI is InChI=1S/C11H22O2/c1-9(2)7-11(13-4)6-5-10(3)8-12/h5,9,11-12H,6-8H2,1-4H3/b10-5+. The lowest BCUT2D eigenvalue weighted by atomic mass is 10.0. The van der Waals surface area contributed by atoms with E-state index in [1.54, 1.807) is 7.11 Å². The zero-order chi connectivity index (χ0) is 10.3. The van der Waals surface area contributed by atoms with Gasteiger partial charge in [0.2, 0.25) is 0 Å². The molecule has 2 nitrogen and oxygen atoms in total. The molecule has 13 heavy (non-hydrogen) atoms. The van der Waals surface area contributed by atoms with E-state index in [0.29, 0.717) is 12.0 Å². The normalized spacial score (nSPS) is 15.1. The van der Waals surface area contributed by atoms with Gasteiger partial charge in [0, 0.05) is 7.11 Å². The summed E-state index contributed by atoms with van der Waals surface area (Å²) in [6.07, 6.45) is 4.32. The first-order chi connectivity index (χ1) is 6.10. The second-order valence-corrected chi connectivity index (χ2v) is 3.93. The van der Waals surface area contributed by atoms with Crippen LogP contribution >= 0.6 is 0 Å². The van der Waals surface area contributed by atoms with E-state index >= 15 is 0 Å². The van der Waals surface area contributed by atoms with Crippen molar-refractivity contribution in [2.24, 2.45) is 5.92 Å². The van der Waals surface area contributed by atoms with E-state index in [9.17, 15) is 0 Å². The summed E-state index contributed by atoms with van der Waals surface area (Å²) in [5, 5.41) is 8.79. The molecule has 0 heterocycles. The summed E-state index contributed by atoms with van der Waals surface area (Å²) in [5.41, 5.74) is 1.02. The number of aliphatic hydroxyl groups is 1. The fourth-order valence-electron chi connectivity index (χ4n) is 1.21. The predicted octanol–water partition coefficient (Wildman–Crippen LogP) is 2.38. The van der Waals surface area contributed by atoms with Gasteiger partial charge in [-0.25, -0.2) is 0 Å². The molecule has 0 aromatic rings. The number of hydrogen-bond donors (Lipinski definition) is 1. The molecule has 0 aliphatic heterocycles. The zero-order valence-corrected chi connectivity index (χ0v) is 9.21. The first kappa shape index (κ1) is 12.7. The minimum Gasteiger partial charge on any atom is -0.392 e. The van der Waals surface area contributed by atoms with Crippen molar-refractivity contribution in [3.8, 4) is 0 Å². The summed E-state index contributed by atoms with van der Waals surface area (Å²) in [6.45, 7) is 6.46. The molecule has 0 aliphatic rings. The van der Waals surface area contributed by atoms with Crippen LogP contribution in [0.1, 0.15) is 33.6 Å². The smallest absolute Gasteiger partial charge is 0.0639 e. The molecule has 1 unspecified atom stereocenters. The minimum atomic E-state index is 0.151. The van der Waals surface area contributed by atoms with E-state index in [-0.39, 0.29) is 6.61 Å². The van der Waals surface area contributed by atoms with Crippen molar-refractivity contribution in [1.82, 2.24) is 0 Å². The van der Waals surface area contributed by atoms with Gasteiger partial charge in [-0.15, -0.1) is 0 Å². The molecule has 0 aromatic carbocycles. The Hall–Kier alpha value is -0.340. The Morgan fingerprint density at radius 1 is 1.46 bits per heavy atom. The molecule has 0 aliphatic carbocycles. The molecule has 0 aromatic heterocycles. The highest BCUT2D eigenvalue weighted by molar-refractivity contribution is 4.98. The second kappa shape index (κ2) is 7.10. The monoisotopic (exact) mass is 186 g/mol. The van der Waals surface area contributed by atoms with E-state index in [2.05, 4.69) is 19.9 Å². The Morgan fingerprint density at radius 3 is 2.46 bits per heavy atom. The van der Waals surface area contributed by atoms with Crippen molar-refractivity contribution >= 4 is 0 Å². The molecule has 0 bridgehead atoms. The lowest BCUT2D eigenvalue weighted by molar-refractivity contribution is 0.0867. The van der Waals surface area contributed by atoms with Crippen molar-refractivity contribution in [3.05, 3.63) is 11.6 Å².